The zero-order chi connectivity index (χ0) is 86.8. The van der Waals surface area contributed by atoms with E-state index in [-0.39, 0.29) is 0 Å². The second kappa shape index (κ2) is 31.1. The number of anilines is 6. The van der Waals surface area contributed by atoms with Gasteiger partial charge in [0.25, 0.3) is 0 Å². The third-order valence-corrected chi connectivity index (χ3v) is 29.2. The van der Waals surface area contributed by atoms with Gasteiger partial charge in [-0.2, -0.15) is 15.8 Å². The van der Waals surface area contributed by atoms with Crippen molar-refractivity contribution in [2.24, 2.45) is 23.7 Å². The van der Waals surface area contributed by atoms with Crippen LogP contribution in [0.1, 0.15) is 95.8 Å². The maximum Gasteiger partial charge on any atom is 0.140 e. The van der Waals surface area contributed by atoms with Crippen LogP contribution in [0.3, 0.4) is 0 Å². The summed E-state index contributed by atoms with van der Waals surface area (Å²) < 4.78 is 49.6. The number of rotatable bonds is 6. The van der Waals surface area contributed by atoms with E-state index < -0.39 is 0 Å². The van der Waals surface area contributed by atoms with Crippen LogP contribution in [0.2, 0.25) is 0 Å². The molecule has 6 aliphatic rings. The number of ether oxygens (including phenoxy) is 2. The third kappa shape index (κ3) is 13.3. The molecule has 6 aromatic heterocycles. The molecule has 6 fully saturated rings. The molecule has 0 bridgehead atoms. The number of morpholine rings is 2. The molecule has 12 heterocycles. The van der Waals surface area contributed by atoms with Crippen LogP contribution in [-0.2, 0) is 9.47 Å². The van der Waals surface area contributed by atoms with Crippen molar-refractivity contribution in [1.82, 2.24) is 0 Å². The van der Waals surface area contributed by atoms with Gasteiger partial charge < -0.3 is 65.4 Å². The number of hydrogen-bond donors (Lipinski definition) is 0. The molecule has 0 radical (unpaired) electrons. The number of hydrogen-bond acceptors (Lipinski definition) is 17. The Balaban J connectivity index is 0.000000105. The van der Waals surface area contributed by atoms with E-state index in [2.05, 4.69) is 257 Å². The topological polar surface area (TPSA) is 188 Å². The van der Waals surface area contributed by atoms with Crippen molar-refractivity contribution < 1.29 is 36.0 Å². The van der Waals surface area contributed by atoms with Crippen molar-refractivity contribution in [2.75, 3.05) is 134 Å². The summed E-state index contributed by atoms with van der Waals surface area (Å²) in [4.78, 5) is 14.7. The van der Waals surface area contributed by atoms with Crippen LogP contribution in [0.15, 0.2) is 227 Å². The second-order valence-corrected chi connectivity index (χ2v) is 38.2. The maximum absolute atomic E-state index is 10.6. The van der Waals surface area contributed by atoms with Crippen molar-refractivity contribution in [3.8, 4) is 18.2 Å². The van der Waals surface area contributed by atoms with E-state index in [0.29, 0.717) is 73.9 Å². The first-order valence-corrected chi connectivity index (χ1v) is 46.8. The second-order valence-electron chi connectivity index (χ2n) is 38.2. The zero-order valence-corrected chi connectivity index (χ0v) is 73.6. The van der Waals surface area contributed by atoms with Gasteiger partial charge in [-0.15, -0.1) is 0 Å². The van der Waals surface area contributed by atoms with E-state index in [1.54, 1.807) is 0 Å². The summed E-state index contributed by atoms with van der Waals surface area (Å²) in [6, 6.07) is 79.3. The molecule has 0 saturated carbocycles. The predicted molar refractivity (Wildman–Crippen MR) is 531 cm³/mol. The van der Waals surface area contributed by atoms with Crippen molar-refractivity contribution in [3.63, 3.8) is 0 Å². The molecule has 0 N–H and O–H groups in total. The van der Waals surface area contributed by atoms with E-state index in [1.807, 2.05) is 18.2 Å². The molecule has 17 heteroatoms. The highest BCUT2D eigenvalue weighted by atomic mass is 16.5. The number of benzene rings is 15. The molecule has 0 spiro atoms. The van der Waals surface area contributed by atoms with Crippen LogP contribution in [-0.4, -0.2) is 105 Å². The SMILES string of the molecule is CC1CC(C)CN(c2ccc3cc4c(cc3c2)oc2cc3oc5cc6cc(N7CC(C)CC(C)C7)ccc6cc5c3c(C#N)c24)C1.N#Cc1c2c(cc3oc4cc5cc(N6CCCCC6)ccc5cc4c13)oc1cc3cc(N4CCCCC4)ccc3cc12.N#Cc1c2c(cc3oc4cc5cc(N6CCOCC6)ccc5cc4c13)oc1cc3cc(N4CCOCC4)ccc3cc12. The minimum absolute atomic E-state index is 0.591. The number of nitriles is 3. The monoisotopic (exact) mass is 1710 g/mol. The molecule has 27 rings (SSSR count). The summed E-state index contributed by atoms with van der Waals surface area (Å²) in [7, 11) is 0. The first-order valence-electron chi connectivity index (χ1n) is 46.8. The van der Waals surface area contributed by atoms with Crippen LogP contribution in [0.5, 0.6) is 0 Å². The fraction of sp³-hybridized carbons (Fsp3) is 0.283. The van der Waals surface area contributed by atoms with Crippen LogP contribution in [0.25, 0.3) is 196 Å². The van der Waals surface area contributed by atoms with E-state index >= 15 is 0 Å². The van der Waals surface area contributed by atoms with Gasteiger partial charge in [-0.25, -0.2) is 0 Å². The van der Waals surface area contributed by atoms with Crippen molar-refractivity contribution >= 4 is 230 Å². The average molecular weight is 1710 g/mol. The minimum Gasteiger partial charge on any atom is -0.456 e. The van der Waals surface area contributed by atoms with Gasteiger partial charge in [-0.05, 0) is 285 Å². The van der Waals surface area contributed by atoms with Gasteiger partial charge in [0.1, 0.15) is 85.2 Å². The van der Waals surface area contributed by atoms with Crippen molar-refractivity contribution in [3.05, 3.63) is 217 Å². The number of furan rings is 6. The minimum atomic E-state index is 0.591. The van der Waals surface area contributed by atoms with Gasteiger partial charge in [0, 0.05) is 195 Å². The Morgan fingerprint density at radius 2 is 0.431 bits per heavy atom. The lowest BCUT2D eigenvalue weighted by molar-refractivity contribution is 0.122. The molecular weight excluding hydrogens is 1610 g/mol. The molecular formula is C113H97N9O8. The Bertz CT molecular complexity index is 7630. The largest absolute Gasteiger partial charge is 0.456 e. The summed E-state index contributed by atoms with van der Waals surface area (Å²) in [5.74, 6) is 2.77. The summed E-state index contributed by atoms with van der Waals surface area (Å²) in [6.07, 6.45) is 10.2. The Morgan fingerprint density at radius 1 is 0.223 bits per heavy atom. The Morgan fingerprint density at radius 3 is 0.646 bits per heavy atom. The molecule has 4 unspecified atom stereocenters. The molecule has 642 valence electrons. The van der Waals surface area contributed by atoms with Crippen molar-refractivity contribution in [1.29, 1.82) is 15.8 Å². The quantitative estimate of drug-likeness (QED) is 0.153. The molecule has 21 aromatic rings. The van der Waals surface area contributed by atoms with Crippen LogP contribution in [0.4, 0.5) is 34.1 Å². The summed E-state index contributed by atoms with van der Waals surface area (Å²) >= 11 is 0. The van der Waals surface area contributed by atoms with Crippen LogP contribution >= 0.6 is 0 Å². The first kappa shape index (κ1) is 78.1. The van der Waals surface area contributed by atoms with Gasteiger partial charge in [-0.1, -0.05) is 64.1 Å². The summed E-state index contributed by atoms with van der Waals surface area (Å²) in [6.45, 7) is 24.8. The van der Waals surface area contributed by atoms with Gasteiger partial charge in [-0.3, -0.25) is 0 Å². The first-order chi connectivity index (χ1) is 63.8. The predicted octanol–water partition coefficient (Wildman–Crippen LogP) is 27.6. The molecule has 6 saturated heterocycles. The summed E-state index contributed by atoms with van der Waals surface area (Å²) in [5.41, 5.74) is 18.1. The van der Waals surface area contributed by atoms with E-state index in [1.165, 1.54) is 85.5 Å². The molecule has 4 atom stereocenters. The molecule has 15 aromatic carbocycles. The lowest BCUT2D eigenvalue weighted by Gasteiger charge is -2.36. The van der Waals surface area contributed by atoms with Crippen LogP contribution in [0, 0.1) is 57.7 Å². The van der Waals surface area contributed by atoms with Gasteiger partial charge >= 0.3 is 0 Å². The van der Waals surface area contributed by atoms with Crippen LogP contribution < -0.4 is 29.4 Å². The Labute approximate surface area is 749 Å². The highest BCUT2D eigenvalue weighted by molar-refractivity contribution is 6.26. The van der Waals surface area contributed by atoms with E-state index in [9.17, 15) is 15.8 Å². The Hall–Kier alpha value is -14.2. The molecule has 17 nitrogen and oxygen atoms in total. The van der Waals surface area contributed by atoms with E-state index in [4.69, 9.17) is 36.0 Å². The highest BCUT2D eigenvalue weighted by Crippen LogP contribution is 2.49. The smallest absolute Gasteiger partial charge is 0.140 e. The highest BCUT2D eigenvalue weighted by Gasteiger charge is 2.30. The third-order valence-electron chi connectivity index (χ3n) is 29.2. The number of nitrogens with zero attached hydrogens (tertiary/aromatic N) is 9. The lowest BCUT2D eigenvalue weighted by Crippen LogP contribution is -2.38. The number of piperidine rings is 4. The zero-order valence-electron chi connectivity index (χ0n) is 73.6. The standard InChI is InChI=1S/C41H39N3O2.C37H31N3O2.C35H27N3O4/c1-23-9-24(2)20-43(19-23)31-7-5-27-13-33-36(15-29(27)11-31)45-38-17-39-41(35(18-42)40(33)38)34-14-28-6-8-32(12-30(28)16-37(34)46-39)44-21-25(3)10-26(4)22-44;38-22-31-36-29-17-23-7-9-27(39-11-3-1-4-12-39)15-25(23)19-32(29)41-34(36)21-35-37(31)30-18-24-8-10-28(40-13-5-2-6-14-40)16-26(24)20-33(30)42-35;36-20-29-34-27-15-21-1-3-25(37-5-9-39-10-6-37)13-23(21)17-30(27)41-32(34)19-33-35(29)28-16-22-2-4-26(38-7-11-40-12-8-38)14-24(22)18-31(28)42-33/h5-8,11-17,23-26H,9-10,19-22H2,1-4H3;7-10,15-21H,1-6,11-14H2;1-4,13-19H,5-12H2. The van der Waals surface area contributed by atoms with Gasteiger partial charge in [0.05, 0.1) is 43.1 Å². The maximum atomic E-state index is 10.6. The summed E-state index contributed by atoms with van der Waals surface area (Å²) in [5, 5.41) is 56.3. The van der Waals surface area contributed by atoms with Gasteiger partial charge in [0.2, 0.25) is 0 Å². The lowest BCUT2D eigenvalue weighted by atomic mass is 9.91. The molecule has 0 aliphatic carbocycles. The average Bonchev–Trinajstić information content (AvgIpc) is 1.57. The Kier molecular flexibility index (Phi) is 18.7. The molecule has 130 heavy (non-hydrogen) atoms. The normalized spacial score (nSPS) is 18.6. The fourth-order valence-corrected chi connectivity index (χ4v) is 23.2. The van der Waals surface area contributed by atoms with Crippen molar-refractivity contribution in [2.45, 2.75) is 79.1 Å². The van der Waals surface area contributed by atoms with E-state index in [0.717, 1.165) is 268 Å². The molecule has 0 amide bonds. The fourth-order valence-electron chi connectivity index (χ4n) is 23.2. The number of fused-ring (bicyclic) bond motifs is 24. The molecule has 6 aliphatic heterocycles. The van der Waals surface area contributed by atoms with Gasteiger partial charge in [0.15, 0.2) is 0 Å².